The minimum absolute atomic E-state index is 0.221. The van der Waals surface area contributed by atoms with Gasteiger partial charge >= 0.3 is 0 Å². The van der Waals surface area contributed by atoms with Gasteiger partial charge in [-0.1, -0.05) is 43.8 Å². The Balaban J connectivity index is 2.82. The van der Waals surface area contributed by atoms with Crippen molar-refractivity contribution >= 4 is 17.9 Å². The summed E-state index contributed by atoms with van der Waals surface area (Å²) in [7, 11) is -5.05. The highest BCUT2D eigenvalue weighted by molar-refractivity contribution is 7.91. The largest absolute Gasteiger partial charge is 0.379 e. The van der Waals surface area contributed by atoms with E-state index in [2.05, 4.69) is 11.5 Å². The molecule has 5 heteroatoms. The fourth-order valence-electron chi connectivity index (χ4n) is 1.27. The van der Waals surface area contributed by atoms with Gasteiger partial charge in [-0.2, -0.15) is 0 Å². The Morgan fingerprint density at radius 2 is 1.78 bits per heavy atom. The Hall–Kier alpha value is -1.09. The fourth-order valence-corrected chi connectivity index (χ4v) is 3.14. The molecule has 1 atom stereocenters. The van der Waals surface area contributed by atoms with Gasteiger partial charge in [-0.3, -0.25) is 0 Å². The second-order valence-corrected chi connectivity index (χ2v) is 11.9. The van der Waals surface area contributed by atoms with Crippen LogP contribution < -0.4 is 0 Å². The summed E-state index contributed by atoms with van der Waals surface area (Å²) in [4.78, 5) is 0.221. The molecule has 98 valence electrons. The minimum Gasteiger partial charge on any atom is -0.379 e. The second kappa shape index (κ2) is 5.70. The first-order valence-electron chi connectivity index (χ1n) is 5.69. The van der Waals surface area contributed by atoms with Crippen molar-refractivity contribution in [1.29, 1.82) is 0 Å². The van der Waals surface area contributed by atoms with Crippen LogP contribution in [0.3, 0.4) is 0 Å². The van der Waals surface area contributed by atoms with Crippen molar-refractivity contribution in [1.82, 2.24) is 0 Å². The van der Waals surface area contributed by atoms with Gasteiger partial charge in [-0.05, 0) is 12.1 Å². The molecule has 0 aliphatic carbocycles. The molecule has 1 aromatic carbocycles. The summed E-state index contributed by atoms with van der Waals surface area (Å²) in [6.07, 6.45) is -1.12. The lowest BCUT2D eigenvalue weighted by Crippen LogP contribution is -2.22. The third kappa shape index (κ3) is 5.04. The number of sulfone groups is 1. The lowest BCUT2D eigenvalue weighted by atomic mass is 10.4. The van der Waals surface area contributed by atoms with Crippen LogP contribution in [0.25, 0.3) is 0 Å². The van der Waals surface area contributed by atoms with Gasteiger partial charge in [0.05, 0.1) is 10.6 Å². The summed E-state index contributed by atoms with van der Waals surface area (Å²) in [5.41, 5.74) is 2.97. The van der Waals surface area contributed by atoms with E-state index in [1.807, 2.05) is 19.6 Å². The highest BCUT2D eigenvalue weighted by atomic mass is 32.2. The van der Waals surface area contributed by atoms with Crippen LogP contribution in [0, 0.1) is 11.5 Å². The second-order valence-electron chi connectivity index (χ2n) is 5.13. The monoisotopic (exact) mass is 282 g/mol. The molecule has 1 unspecified atom stereocenters. The van der Waals surface area contributed by atoms with E-state index >= 15 is 0 Å². The molecule has 3 nitrogen and oxygen atoms in total. The summed E-state index contributed by atoms with van der Waals surface area (Å²) in [6.45, 7) is 6.12. The van der Waals surface area contributed by atoms with Gasteiger partial charge in [-0.25, -0.2) is 8.42 Å². The summed E-state index contributed by atoms with van der Waals surface area (Å²) < 4.78 is 23.9. The van der Waals surface area contributed by atoms with E-state index in [4.69, 9.17) is 0 Å². The maximum absolute atomic E-state index is 12.0. The summed E-state index contributed by atoms with van der Waals surface area (Å²) in [6, 6.07) is 8.11. The molecule has 1 aromatic rings. The topological polar surface area (TPSA) is 54.4 Å². The van der Waals surface area contributed by atoms with E-state index in [1.54, 1.807) is 18.2 Å². The van der Waals surface area contributed by atoms with Crippen molar-refractivity contribution in [3.63, 3.8) is 0 Å². The number of rotatable bonds is 3. The minimum atomic E-state index is -3.46. The molecular weight excluding hydrogens is 264 g/mol. The van der Waals surface area contributed by atoms with Crippen LogP contribution >= 0.6 is 0 Å². The van der Waals surface area contributed by atoms with Crippen LogP contribution in [0.5, 0.6) is 0 Å². The summed E-state index contributed by atoms with van der Waals surface area (Å²) in [5, 5.41) is 9.68. The first-order chi connectivity index (χ1) is 8.21. The van der Waals surface area contributed by atoms with Crippen molar-refractivity contribution in [2.75, 3.05) is 5.75 Å². The van der Waals surface area contributed by atoms with E-state index in [9.17, 15) is 13.5 Å². The lowest BCUT2D eigenvalue weighted by molar-refractivity contribution is 0.255. The molecular formula is C13H18O3SSi. The molecule has 18 heavy (non-hydrogen) atoms. The Morgan fingerprint density at radius 1 is 1.22 bits per heavy atom. The molecule has 0 fully saturated rings. The van der Waals surface area contributed by atoms with Gasteiger partial charge in [0.25, 0.3) is 0 Å². The van der Waals surface area contributed by atoms with Crippen molar-refractivity contribution in [3.8, 4) is 11.5 Å². The van der Waals surface area contributed by atoms with Crippen LogP contribution in [0.15, 0.2) is 35.2 Å². The van der Waals surface area contributed by atoms with Gasteiger partial charge in [0.15, 0.2) is 9.84 Å². The highest BCUT2D eigenvalue weighted by Gasteiger charge is 2.18. The zero-order valence-electron chi connectivity index (χ0n) is 10.8. The Bertz CT molecular complexity index is 547. The molecule has 0 bridgehead atoms. The number of aliphatic hydroxyl groups is 1. The van der Waals surface area contributed by atoms with E-state index in [0.717, 1.165) is 0 Å². The molecule has 1 N–H and O–H groups in total. The molecule has 0 radical (unpaired) electrons. The average Bonchev–Trinajstić information content (AvgIpc) is 2.26. The summed E-state index contributed by atoms with van der Waals surface area (Å²) >= 11 is 0. The van der Waals surface area contributed by atoms with Crippen LogP contribution in [0.2, 0.25) is 19.6 Å². The van der Waals surface area contributed by atoms with Crippen molar-refractivity contribution in [3.05, 3.63) is 30.3 Å². The molecule has 0 saturated carbocycles. The standard InChI is InChI=1S/C13H18O3SSi/c1-18(2,3)10-9-12(14)11-17(15,16)13-7-5-4-6-8-13/h4-8,12,14H,11H2,1-3H3. The molecule has 0 heterocycles. The Morgan fingerprint density at radius 3 is 2.28 bits per heavy atom. The van der Waals surface area contributed by atoms with Crippen LogP contribution in [-0.2, 0) is 9.84 Å². The first-order valence-corrected chi connectivity index (χ1v) is 10.8. The van der Waals surface area contributed by atoms with E-state index in [1.165, 1.54) is 12.1 Å². The molecule has 0 aliphatic rings. The lowest BCUT2D eigenvalue weighted by Gasteiger charge is -2.08. The summed E-state index contributed by atoms with van der Waals surface area (Å²) in [5.74, 6) is 2.28. The normalized spacial score (nSPS) is 13.6. The quantitative estimate of drug-likeness (QED) is 0.678. The Kier molecular flexibility index (Phi) is 4.74. The van der Waals surface area contributed by atoms with Crippen LogP contribution in [0.1, 0.15) is 0 Å². The van der Waals surface area contributed by atoms with Crippen molar-refractivity contribution in [2.45, 2.75) is 30.6 Å². The fraction of sp³-hybridized carbons (Fsp3) is 0.385. The smallest absolute Gasteiger partial charge is 0.181 e. The highest BCUT2D eigenvalue weighted by Crippen LogP contribution is 2.11. The third-order valence-electron chi connectivity index (χ3n) is 2.09. The SMILES string of the molecule is C[Si](C)(C)C#CC(O)CS(=O)(=O)c1ccccc1. The van der Waals surface area contributed by atoms with Crippen LogP contribution in [0.4, 0.5) is 0 Å². The van der Waals surface area contributed by atoms with Crippen LogP contribution in [-0.4, -0.2) is 33.5 Å². The van der Waals surface area contributed by atoms with Gasteiger partial charge in [0.1, 0.15) is 14.2 Å². The number of benzene rings is 1. The van der Waals surface area contributed by atoms with Crippen molar-refractivity contribution in [2.24, 2.45) is 0 Å². The zero-order chi connectivity index (χ0) is 13.8. The molecule has 0 amide bonds. The zero-order valence-corrected chi connectivity index (χ0v) is 12.7. The van der Waals surface area contributed by atoms with E-state index in [-0.39, 0.29) is 10.6 Å². The van der Waals surface area contributed by atoms with E-state index < -0.39 is 24.0 Å². The molecule has 0 aromatic heterocycles. The Labute approximate surface area is 110 Å². The molecule has 0 aliphatic heterocycles. The third-order valence-corrected chi connectivity index (χ3v) is 4.73. The van der Waals surface area contributed by atoms with E-state index in [0.29, 0.717) is 0 Å². The maximum Gasteiger partial charge on any atom is 0.181 e. The number of aliphatic hydroxyl groups excluding tert-OH is 1. The predicted octanol–water partition coefficient (Wildman–Crippen LogP) is 1.70. The number of hydrogen-bond donors (Lipinski definition) is 1. The average molecular weight is 282 g/mol. The maximum atomic E-state index is 12.0. The van der Waals surface area contributed by atoms with Gasteiger partial charge in [0.2, 0.25) is 0 Å². The van der Waals surface area contributed by atoms with Gasteiger partial charge < -0.3 is 5.11 Å². The number of hydrogen-bond acceptors (Lipinski definition) is 3. The van der Waals surface area contributed by atoms with Gasteiger partial charge in [0, 0.05) is 0 Å². The van der Waals surface area contributed by atoms with Crippen molar-refractivity contribution < 1.29 is 13.5 Å². The molecule has 1 rings (SSSR count). The van der Waals surface area contributed by atoms with Gasteiger partial charge in [-0.15, -0.1) is 5.54 Å². The molecule has 0 spiro atoms. The first kappa shape index (κ1) is 15.0. The molecule has 0 saturated heterocycles. The predicted molar refractivity (Wildman–Crippen MR) is 75.6 cm³/mol.